The van der Waals surface area contributed by atoms with Crippen LogP contribution in [0.4, 0.5) is 8.78 Å². The lowest BCUT2D eigenvalue weighted by Gasteiger charge is -2.60. The Hall–Kier alpha value is -3.54. The SMILES string of the molecule is C=C(C)C(=O)OC12CC3CC(CC(COC(=O)C(F)(F)S(=O)(=O)[O-])(C3)C1)C2.c1ccc([S+](c2ccccc2)c2ccccc2)cc1. The predicted octanol–water partition coefficient (Wildman–Crippen LogP) is 6.91. The lowest BCUT2D eigenvalue weighted by atomic mass is 9.48. The number of esters is 2. The number of alkyl halides is 2. The largest absolute Gasteiger partial charge is 0.743 e. The van der Waals surface area contributed by atoms with E-state index in [0.717, 1.165) is 6.42 Å². The van der Waals surface area contributed by atoms with E-state index in [9.17, 15) is 31.3 Å². The number of carbonyl (C=O) groups excluding carboxylic acids is 2. The van der Waals surface area contributed by atoms with Gasteiger partial charge in [-0.15, -0.1) is 0 Å². The van der Waals surface area contributed by atoms with Crippen molar-refractivity contribution in [1.82, 2.24) is 0 Å². The van der Waals surface area contributed by atoms with E-state index in [1.54, 1.807) is 0 Å². The molecule has 0 aliphatic heterocycles. The molecule has 0 heterocycles. The highest BCUT2D eigenvalue weighted by atomic mass is 32.2. The number of halogens is 2. The van der Waals surface area contributed by atoms with Crippen molar-refractivity contribution in [3.05, 3.63) is 103 Å². The Labute approximate surface area is 271 Å². The minimum absolute atomic E-state index is 0.0146. The summed E-state index contributed by atoms with van der Waals surface area (Å²) in [4.78, 5) is 27.6. The average Bonchev–Trinajstić information content (AvgIpc) is 3.00. The summed E-state index contributed by atoms with van der Waals surface area (Å²) < 4.78 is 68.8. The van der Waals surface area contributed by atoms with Gasteiger partial charge in [0.25, 0.3) is 0 Å². The smallest absolute Gasteiger partial charge is 0.428 e. The fraction of sp³-hybridized carbons (Fsp3) is 0.371. The third kappa shape index (κ3) is 7.37. The molecular formula is C35H36F2O7S2. The third-order valence-electron chi connectivity index (χ3n) is 8.78. The predicted molar refractivity (Wildman–Crippen MR) is 168 cm³/mol. The van der Waals surface area contributed by atoms with Crippen LogP contribution in [0.2, 0.25) is 0 Å². The lowest BCUT2D eigenvalue weighted by molar-refractivity contribution is -0.210. The van der Waals surface area contributed by atoms with Crippen molar-refractivity contribution in [2.75, 3.05) is 6.61 Å². The molecule has 2 atom stereocenters. The molecule has 11 heteroatoms. The average molecular weight is 671 g/mol. The van der Waals surface area contributed by atoms with Gasteiger partial charge in [0.15, 0.2) is 24.8 Å². The monoisotopic (exact) mass is 670 g/mol. The molecule has 0 spiro atoms. The highest BCUT2D eigenvalue weighted by molar-refractivity contribution is 7.97. The molecule has 0 saturated heterocycles. The molecule has 4 bridgehead atoms. The van der Waals surface area contributed by atoms with Crippen molar-refractivity contribution >= 4 is 33.0 Å². The van der Waals surface area contributed by atoms with E-state index in [-0.39, 0.29) is 28.3 Å². The van der Waals surface area contributed by atoms with Crippen molar-refractivity contribution in [3.8, 4) is 0 Å². The molecule has 4 saturated carbocycles. The highest BCUT2D eigenvalue weighted by Crippen LogP contribution is 2.63. The van der Waals surface area contributed by atoms with Crippen molar-refractivity contribution in [1.29, 1.82) is 0 Å². The molecule has 46 heavy (non-hydrogen) atoms. The second-order valence-electron chi connectivity index (χ2n) is 12.6. The molecular weight excluding hydrogens is 635 g/mol. The molecule has 244 valence electrons. The molecule has 2 unspecified atom stereocenters. The van der Waals surface area contributed by atoms with E-state index in [4.69, 9.17) is 4.74 Å². The van der Waals surface area contributed by atoms with Crippen LogP contribution in [0.5, 0.6) is 0 Å². The van der Waals surface area contributed by atoms with E-state index in [2.05, 4.69) is 102 Å². The van der Waals surface area contributed by atoms with Gasteiger partial charge in [0.1, 0.15) is 5.60 Å². The Morgan fingerprint density at radius 3 is 1.70 bits per heavy atom. The van der Waals surface area contributed by atoms with Gasteiger partial charge in [-0.05, 0) is 93.7 Å². The van der Waals surface area contributed by atoms with Gasteiger partial charge in [-0.3, -0.25) is 0 Å². The number of benzene rings is 3. The molecule has 7 rings (SSSR count). The van der Waals surface area contributed by atoms with Crippen LogP contribution in [-0.2, 0) is 40.1 Å². The van der Waals surface area contributed by atoms with Crippen LogP contribution in [0.1, 0.15) is 45.4 Å². The maximum atomic E-state index is 13.4. The summed E-state index contributed by atoms with van der Waals surface area (Å²) in [6, 6.07) is 32.2. The first-order valence-electron chi connectivity index (χ1n) is 15.0. The molecule has 4 aliphatic carbocycles. The summed E-state index contributed by atoms with van der Waals surface area (Å²) in [7, 11) is -6.17. The summed E-state index contributed by atoms with van der Waals surface area (Å²) >= 11 is 0. The van der Waals surface area contributed by atoms with Crippen LogP contribution in [0.25, 0.3) is 0 Å². The Morgan fingerprint density at radius 1 is 0.870 bits per heavy atom. The van der Waals surface area contributed by atoms with Crippen molar-refractivity contribution < 1.29 is 40.8 Å². The van der Waals surface area contributed by atoms with Crippen LogP contribution < -0.4 is 0 Å². The Bertz CT molecular complexity index is 1560. The molecule has 0 radical (unpaired) electrons. The summed E-state index contributed by atoms with van der Waals surface area (Å²) in [5, 5.41) is -5.13. The Morgan fingerprint density at radius 2 is 1.30 bits per heavy atom. The Kier molecular flexibility index (Phi) is 9.77. The lowest BCUT2D eigenvalue weighted by Crippen LogP contribution is -2.59. The Balaban J connectivity index is 0.000000192. The molecule has 0 amide bonds. The van der Waals surface area contributed by atoms with Gasteiger partial charge in [0, 0.05) is 11.0 Å². The normalized spacial score (nSPS) is 24.9. The van der Waals surface area contributed by atoms with Gasteiger partial charge in [0.05, 0.1) is 17.5 Å². The van der Waals surface area contributed by atoms with Crippen LogP contribution in [-0.4, -0.2) is 42.4 Å². The maximum absolute atomic E-state index is 13.4. The van der Waals surface area contributed by atoms with Crippen LogP contribution >= 0.6 is 0 Å². The molecule has 3 aromatic carbocycles. The van der Waals surface area contributed by atoms with Crippen molar-refractivity contribution in [2.24, 2.45) is 17.3 Å². The van der Waals surface area contributed by atoms with Gasteiger partial charge >= 0.3 is 17.2 Å². The maximum Gasteiger partial charge on any atom is 0.428 e. The molecule has 3 aromatic rings. The summed E-state index contributed by atoms with van der Waals surface area (Å²) in [6.07, 6.45) is 3.80. The van der Waals surface area contributed by atoms with Crippen molar-refractivity contribution in [2.45, 2.75) is 71.0 Å². The zero-order valence-corrected chi connectivity index (χ0v) is 27.0. The van der Waals surface area contributed by atoms with Crippen LogP contribution in [0.15, 0.2) is 118 Å². The first kappa shape index (κ1) is 33.8. The summed E-state index contributed by atoms with van der Waals surface area (Å²) in [6.45, 7) is 4.67. The van der Waals surface area contributed by atoms with Gasteiger partial charge in [-0.25, -0.2) is 18.0 Å². The zero-order valence-electron chi connectivity index (χ0n) is 25.4. The standard InChI is InChI=1S/C18H15S.C17H22F2O7S/c1-4-10-16(11-5-1)19(17-12-6-2-7-13-17)18-14-8-3-9-15-18;1-10(2)13(20)26-16-6-11-3-12(7-16)5-15(4-11,8-16)9-25-14(21)17(18,19)27(22,23)24/h1-15H;11-12H,1,3-9H2,2H3,(H,22,23,24)/q+1;/p-1. The second kappa shape index (κ2) is 13.3. The molecule has 4 fully saturated rings. The topological polar surface area (TPSA) is 110 Å². The fourth-order valence-corrected chi connectivity index (χ4v) is 9.79. The van der Waals surface area contributed by atoms with Gasteiger partial charge in [-0.1, -0.05) is 61.2 Å². The van der Waals surface area contributed by atoms with E-state index in [1.807, 2.05) is 0 Å². The quantitative estimate of drug-likeness (QED) is 0.105. The molecule has 0 N–H and O–H groups in total. The van der Waals surface area contributed by atoms with E-state index >= 15 is 0 Å². The number of hydrogen-bond acceptors (Lipinski definition) is 7. The molecule has 0 aromatic heterocycles. The first-order valence-corrected chi connectivity index (χ1v) is 17.6. The van der Waals surface area contributed by atoms with E-state index in [1.165, 1.54) is 21.6 Å². The van der Waals surface area contributed by atoms with E-state index in [0.29, 0.717) is 32.1 Å². The summed E-state index contributed by atoms with van der Waals surface area (Å²) in [5.74, 6) is -2.48. The second-order valence-corrected chi connectivity index (χ2v) is 16.1. The number of rotatable bonds is 9. The van der Waals surface area contributed by atoms with Crippen molar-refractivity contribution in [3.63, 3.8) is 0 Å². The van der Waals surface area contributed by atoms with Gasteiger partial charge < -0.3 is 14.0 Å². The fourth-order valence-electron chi connectivity index (χ4n) is 7.42. The minimum atomic E-state index is -6.15. The van der Waals surface area contributed by atoms with E-state index < -0.39 is 44.9 Å². The third-order valence-corrected chi connectivity index (χ3v) is 11.8. The molecule has 7 nitrogen and oxygen atoms in total. The number of ether oxygens (including phenoxy) is 2. The minimum Gasteiger partial charge on any atom is -0.743 e. The zero-order chi connectivity index (χ0) is 33.2. The highest BCUT2D eigenvalue weighted by Gasteiger charge is 2.60. The summed E-state index contributed by atoms with van der Waals surface area (Å²) in [5.41, 5.74) is -1.16. The van der Waals surface area contributed by atoms with Gasteiger partial charge in [-0.2, -0.15) is 8.78 Å². The molecule has 4 aliphatic rings. The number of carbonyl (C=O) groups is 2. The number of hydrogen-bond donors (Lipinski definition) is 0. The van der Waals surface area contributed by atoms with Crippen LogP contribution in [0, 0.1) is 17.3 Å². The first-order chi connectivity index (χ1) is 21.7. The van der Waals surface area contributed by atoms with Gasteiger partial charge in [0.2, 0.25) is 0 Å². The van der Waals surface area contributed by atoms with Crippen LogP contribution in [0.3, 0.4) is 0 Å².